The molecule has 2 aromatic carbocycles. The first kappa shape index (κ1) is 14.7. The van der Waals surface area contributed by atoms with Crippen LogP contribution in [0.15, 0.2) is 67.0 Å². The van der Waals surface area contributed by atoms with E-state index < -0.39 is 5.82 Å². The molecule has 0 saturated carbocycles. The summed E-state index contributed by atoms with van der Waals surface area (Å²) < 4.78 is 19.0. The van der Waals surface area contributed by atoms with Gasteiger partial charge in [-0.1, -0.05) is 30.3 Å². The summed E-state index contributed by atoms with van der Waals surface area (Å²) in [6, 6.07) is 18.4. The molecular formula is C19H13FN2O. The van der Waals surface area contributed by atoms with Gasteiger partial charge in [0.2, 0.25) is 0 Å². The molecule has 0 fully saturated rings. The standard InChI is InChI=1S/C19H13FN2O/c20-17-8-16(11-22-12-17)19-7-6-18(9-15(19)10-21)23-13-14-4-2-1-3-5-14/h1-9,11-12H,13H2. The second-order valence-electron chi connectivity index (χ2n) is 4.99. The number of pyridine rings is 1. The maximum Gasteiger partial charge on any atom is 0.142 e. The van der Waals surface area contributed by atoms with Crippen LogP contribution in [0.1, 0.15) is 11.1 Å². The lowest BCUT2D eigenvalue weighted by Gasteiger charge is -2.09. The highest BCUT2D eigenvalue weighted by molar-refractivity contribution is 5.70. The van der Waals surface area contributed by atoms with E-state index in [0.717, 1.165) is 11.8 Å². The molecule has 4 heteroatoms. The highest BCUT2D eigenvalue weighted by Gasteiger charge is 2.08. The van der Waals surface area contributed by atoms with Gasteiger partial charge in [-0.2, -0.15) is 5.26 Å². The van der Waals surface area contributed by atoms with Gasteiger partial charge in [-0.15, -0.1) is 0 Å². The van der Waals surface area contributed by atoms with Gasteiger partial charge < -0.3 is 4.74 Å². The van der Waals surface area contributed by atoms with Crippen molar-refractivity contribution >= 4 is 0 Å². The smallest absolute Gasteiger partial charge is 0.142 e. The molecule has 0 radical (unpaired) electrons. The lowest BCUT2D eigenvalue weighted by atomic mass is 10.0. The van der Waals surface area contributed by atoms with Crippen molar-refractivity contribution in [2.45, 2.75) is 6.61 Å². The average Bonchev–Trinajstić information content (AvgIpc) is 2.60. The largest absolute Gasteiger partial charge is 0.489 e. The van der Waals surface area contributed by atoms with Crippen molar-refractivity contribution in [3.05, 3.63) is 83.9 Å². The van der Waals surface area contributed by atoms with Gasteiger partial charge >= 0.3 is 0 Å². The number of hydrogen-bond donors (Lipinski definition) is 0. The first-order chi connectivity index (χ1) is 11.3. The van der Waals surface area contributed by atoms with E-state index in [0.29, 0.717) is 29.0 Å². The molecule has 0 saturated heterocycles. The zero-order valence-corrected chi connectivity index (χ0v) is 12.2. The normalized spacial score (nSPS) is 10.1. The molecule has 0 amide bonds. The van der Waals surface area contributed by atoms with Gasteiger partial charge in [-0.05, 0) is 29.8 Å². The number of nitrogens with zero attached hydrogens (tertiary/aromatic N) is 2. The second-order valence-corrected chi connectivity index (χ2v) is 4.99. The van der Waals surface area contributed by atoms with Crippen LogP contribution in [0.2, 0.25) is 0 Å². The molecule has 0 aliphatic rings. The zero-order chi connectivity index (χ0) is 16.1. The Balaban J connectivity index is 1.84. The summed E-state index contributed by atoms with van der Waals surface area (Å²) in [6.45, 7) is 0.423. The Morgan fingerprint density at radius 2 is 1.87 bits per heavy atom. The third-order valence-corrected chi connectivity index (χ3v) is 3.38. The lowest BCUT2D eigenvalue weighted by molar-refractivity contribution is 0.306. The van der Waals surface area contributed by atoms with Gasteiger partial charge in [0.05, 0.1) is 17.8 Å². The van der Waals surface area contributed by atoms with Gasteiger partial charge in [0, 0.05) is 17.3 Å². The van der Waals surface area contributed by atoms with E-state index in [1.807, 2.05) is 30.3 Å². The highest BCUT2D eigenvalue weighted by atomic mass is 19.1. The summed E-state index contributed by atoms with van der Waals surface area (Å²) in [4.78, 5) is 3.82. The summed E-state index contributed by atoms with van der Waals surface area (Å²) in [5.74, 6) is 0.161. The van der Waals surface area contributed by atoms with Crippen LogP contribution in [0.5, 0.6) is 5.75 Å². The summed E-state index contributed by atoms with van der Waals surface area (Å²) in [7, 11) is 0. The van der Waals surface area contributed by atoms with Crippen LogP contribution in [0, 0.1) is 17.1 Å². The first-order valence-corrected chi connectivity index (χ1v) is 7.08. The van der Waals surface area contributed by atoms with Gasteiger partial charge in [0.25, 0.3) is 0 Å². The monoisotopic (exact) mass is 304 g/mol. The van der Waals surface area contributed by atoms with Crippen molar-refractivity contribution in [1.82, 2.24) is 4.98 Å². The maximum absolute atomic E-state index is 13.3. The van der Waals surface area contributed by atoms with E-state index in [-0.39, 0.29) is 0 Å². The average molecular weight is 304 g/mol. The predicted molar refractivity (Wildman–Crippen MR) is 85.1 cm³/mol. The fourth-order valence-electron chi connectivity index (χ4n) is 2.26. The molecule has 23 heavy (non-hydrogen) atoms. The van der Waals surface area contributed by atoms with Crippen LogP contribution in [-0.4, -0.2) is 4.98 Å². The van der Waals surface area contributed by atoms with E-state index in [4.69, 9.17) is 4.74 Å². The molecule has 3 aromatic rings. The maximum atomic E-state index is 13.3. The number of benzene rings is 2. The molecule has 0 unspecified atom stereocenters. The van der Waals surface area contributed by atoms with Crippen molar-refractivity contribution in [2.75, 3.05) is 0 Å². The topological polar surface area (TPSA) is 45.9 Å². The minimum atomic E-state index is -0.434. The van der Waals surface area contributed by atoms with E-state index in [9.17, 15) is 9.65 Å². The second kappa shape index (κ2) is 6.71. The van der Waals surface area contributed by atoms with E-state index in [1.54, 1.807) is 18.2 Å². The quantitative estimate of drug-likeness (QED) is 0.720. The van der Waals surface area contributed by atoms with Crippen LogP contribution >= 0.6 is 0 Å². The third-order valence-electron chi connectivity index (χ3n) is 3.38. The Kier molecular flexibility index (Phi) is 4.30. The minimum Gasteiger partial charge on any atom is -0.489 e. The first-order valence-electron chi connectivity index (χ1n) is 7.08. The highest BCUT2D eigenvalue weighted by Crippen LogP contribution is 2.27. The van der Waals surface area contributed by atoms with Crippen LogP contribution in [0.4, 0.5) is 4.39 Å². The minimum absolute atomic E-state index is 0.419. The Morgan fingerprint density at radius 3 is 2.61 bits per heavy atom. The van der Waals surface area contributed by atoms with Gasteiger partial charge in [-0.3, -0.25) is 4.98 Å². The Labute approximate surface area is 133 Å². The number of rotatable bonds is 4. The van der Waals surface area contributed by atoms with E-state index in [1.165, 1.54) is 12.3 Å². The van der Waals surface area contributed by atoms with Crippen LogP contribution in [0.25, 0.3) is 11.1 Å². The lowest BCUT2D eigenvalue weighted by Crippen LogP contribution is -1.96. The van der Waals surface area contributed by atoms with Gasteiger partial charge in [0.15, 0.2) is 0 Å². The van der Waals surface area contributed by atoms with Crippen molar-refractivity contribution < 1.29 is 9.13 Å². The van der Waals surface area contributed by atoms with Crippen molar-refractivity contribution in [3.63, 3.8) is 0 Å². The summed E-state index contributed by atoms with van der Waals surface area (Å²) in [5, 5.41) is 9.34. The van der Waals surface area contributed by atoms with Crippen molar-refractivity contribution in [1.29, 1.82) is 5.26 Å². The number of ether oxygens (including phenoxy) is 1. The van der Waals surface area contributed by atoms with E-state index >= 15 is 0 Å². The molecule has 0 aliphatic carbocycles. The summed E-state index contributed by atoms with van der Waals surface area (Å²) >= 11 is 0. The van der Waals surface area contributed by atoms with Crippen molar-refractivity contribution in [3.8, 4) is 22.9 Å². The molecule has 0 spiro atoms. The summed E-state index contributed by atoms with van der Waals surface area (Å²) in [6.07, 6.45) is 2.66. The van der Waals surface area contributed by atoms with E-state index in [2.05, 4.69) is 11.1 Å². The van der Waals surface area contributed by atoms with Crippen LogP contribution < -0.4 is 4.74 Å². The molecule has 112 valence electrons. The fourth-order valence-corrected chi connectivity index (χ4v) is 2.26. The molecule has 0 bridgehead atoms. The van der Waals surface area contributed by atoms with Crippen LogP contribution in [0.3, 0.4) is 0 Å². The number of aromatic nitrogens is 1. The molecule has 1 heterocycles. The number of nitriles is 1. The summed E-state index contributed by atoms with van der Waals surface area (Å²) in [5.41, 5.74) is 2.66. The zero-order valence-electron chi connectivity index (χ0n) is 12.2. The van der Waals surface area contributed by atoms with Crippen LogP contribution in [-0.2, 0) is 6.61 Å². The number of halogens is 1. The Hall–Kier alpha value is -3.19. The molecular weight excluding hydrogens is 291 g/mol. The Bertz CT molecular complexity index is 857. The molecule has 0 atom stereocenters. The molecule has 3 nitrogen and oxygen atoms in total. The van der Waals surface area contributed by atoms with Gasteiger partial charge in [-0.25, -0.2) is 4.39 Å². The molecule has 0 aliphatic heterocycles. The van der Waals surface area contributed by atoms with Crippen molar-refractivity contribution in [2.24, 2.45) is 0 Å². The number of hydrogen-bond acceptors (Lipinski definition) is 3. The fraction of sp³-hybridized carbons (Fsp3) is 0.0526. The Morgan fingerprint density at radius 1 is 1.04 bits per heavy atom. The SMILES string of the molecule is N#Cc1cc(OCc2ccccc2)ccc1-c1cncc(F)c1. The molecule has 3 rings (SSSR count). The predicted octanol–water partition coefficient (Wildman–Crippen LogP) is 4.34. The molecule has 0 N–H and O–H groups in total. The van der Waals surface area contributed by atoms with Gasteiger partial charge in [0.1, 0.15) is 18.2 Å². The third kappa shape index (κ3) is 3.53. The molecule has 1 aromatic heterocycles.